The van der Waals surface area contributed by atoms with Crippen LogP contribution in [0.1, 0.15) is 12.0 Å². The summed E-state index contributed by atoms with van der Waals surface area (Å²) in [6.45, 7) is 0.364. The Hall–Kier alpha value is -2.37. The van der Waals surface area contributed by atoms with Crippen LogP contribution in [-0.2, 0) is 9.53 Å². The zero-order valence-electron chi connectivity index (χ0n) is 9.71. The molecular formula is C12H11NO5. The number of carbonyl (C=O) groups excluding carboxylic acids is 1. The van der Waals surface area contributed by atoms with Crippen molar-refractivity contribution in [1.82, 2.24) is 0 Å². The van der Waals surface area contributed by atoms with Gasteiger partial charge in [-0.15, -0.1) is 0 Å². The molecule has 1 aliphatic heterocycles. The summed E-state index contributed by atoms with van der Waals surface area (Å²) in [6.07, 6.45) is 2.13. The molecule has 1 aromatic carbocycles. The van der Waals surface area contributed by atoms with E-state index in [4.69, 9.17) is 9.47 Å². The first-order chi connectivity index (χ1) is 8.61. The van der Waals surface area contributed by atoms with Crippen LogP contribution in [0.15, 0.2) is 23.8 Å². The quantitative estimate of drug-likeness (QED) is 0.354. The van der Waals surface area contributed by atoms with Gasteiger partial charge in [0.15, 0.2) is 5.75 Å². The summed E-state index contributed by atoms with van der Waals surface area (Å²) in [5.41, 5.74) is 0.976. The Labute approximate surface area is 103 Å². The van der Waals surface area contributed by atoms with Crippen molar-refractivity contribution in [1.29, 1.82) is 0 Å². The standard InChI is InChI=1S/C12H11NO5/c1-17-11-3-2-8(7-10(11)13(15)16)6-9-4-5-18-12(9)14/h2-3,6-7H,4-5H2,1H3/b9-6-. The number of nitrogens with zero attached hydrogens (tertiary/aromatic N) is 1. The first-order valence-electron chi connectivity index (χ1n) is 5.32. The van der Waals surface area contributed by atoms with Crippen molar-refractivity contribution in [2.75, 3.05) is 13.7 Å². The van der Waals surface area contributed by atoms with E-state index < -0.39 is 4.92 Å². The highest BCUT2D eigenvalue weighted by Crippen LogP contribution is 2.29. The fourth-order valence-corrected chi connectivity index (χ4v) is 1.72. The fraction of sp³-hybridized carbons (Fsp3) is 0.250. The van der Waals surface area contributed by atoms with Crippen molar-refractivity contribution >= 4 is 17.7 Å². The van der Waals surface area contributed by atoms with E-state index in [9.17, 15) is 14.9 Å². The SMILES string of the molecule is COc1ccc(/C=C2/CCOC2=O)cc1[N+](=O)[O-]. The summed E-state index contributed by atoms with van der Waals surface area (Å²) in [7, 11) is 1.37. The van der Waals surface area contributed by atoms with Crippen LogP contribution in [0.3, 0.4) is 0 Å². The molecule has 6 nitrogen and oxygen atoms in total. The molecule has 1 fully saturated rings. The average molecular weight is 249 g/mol. The van der Waals surface area contributed by atoms with Crippen LogP contribution in [0, 0.1) is 10.1 Å². The molecule has 1 aromatic rings. The van der Waals surface area contributed by atoms with Crippen molar-refractivity contribution in [2.24, 2.45) is 0 Å². The predicted octanol–water partition coefficient (Wildman–Crippen LogP) is 1.93. The molecule has 18 heavy (non-hydrogen) atoms. The van der Waals surface area contributed by atoms with Gasteiger partial charge >= 0.3 is 11.7 Å². The second-order valence-electron chi connectivity index (χ2n) is 3.74. The third kappa shape index (κ3) is 2.32. The monoisotopic (exact) mass is 249 g/mol. The molecule has 0 aliphatic carbocycles. The third-order valence-corrected chi connectivity index (χ3v) is 2.61. The van der Waals surface area contributed by atoms with E-state index in [0.717, 1.165) is 0 Å². The topological polar surface area (TPSA) is 78.7 Å². The van der Waals surface area contributed by atoms with Gasteiger partial charge < -0.3 is 9.47 Å². The highest BCUT2D eigenvalue weighted by molar-refractivity contribution is 5.95. The molecule has 0 radical (unpaired) electrons. The lowest BCUT2D eigenvalue weighted by atomic mass is 10.1. The van der Waals surface area contributed by atoms with Crippen LogP contribution < -0.4 is 4.74 Å². The number of nitro benzene ring substituents is 1. The van der Waals surface area contributed by atoms with Gasteiger partial charge in [-0.3, -0.25) is 10.1 Å². The maximum Gasteiger partial charge on any atom is 0.334 e. The number of rotatable bonds is 3. The molecule has 0 atom stereocenters. The van der Waals surface area contributed by atoms with Crippen molar-refractivity contribution in [3.05, 3.63) is 39.4 Å². The molecule has 0 saturated carbocycles. The number of hydrogen-bond acceptors (Lipinski definition) is 5. The minimum atomic E-state index is -0.520. The maximum atomic E-state index is 11.3. The maximum absolute atomic E-state index is 11.3. The van der Waals surface area contributed by atoms with Crippen molar-refractivity contribution in [3.8, 4) is 5.75 Å². The van der Waals surface area contributed by atoms with E-state index in [1.165, 1.54) is 19.2 Å². The van der Waals surface area contributed by atoms with Gasteiger partial charge in [-0.05, 0) is 17.7 Å². The average Bonchev–Trinajstić information content (AvgIpc) is 2.75. The Morgan fingerprint density at radius 3 is 2.83 bits per heavy atom. The molecule has 1 saturated heterocycles. The van der Waals surface area contributed by atoms with E-state index in [-0.39, 0.29) is 17.4 Å². The number of hydrogen-bond donors (Lipinski definition) is 0. The number of ether oxygens (including phenoxy) is 2. The molecule has 94 valence electrons. The second kappa shape index (κ2) is 4.87. The summed E-state index contributed by atoms with van der Waals surface area (Å²) in [6, 6.07) is 4.53. The summed E-state index contributed by atoms with van der Waals surface area (Å²) in [5, 5.41) is 10.8. The highest BCUT2D eigenvalue weighted by atomic mass is 16.6. The predicted molar refractivity (Wildman–Crippen MR) is 63.2 cm³/mol. The molecule has 0 amide bonds. The number of cyclic esters (lactones) is 1. The molecule has 0 spiro atoms. The summed E-state index contributed by atoms with van der Waals surface area (Å²) < 4.78 is 9.69. The van der Waals surface area contributed by atoms with E-state index in [1.54, 1.807) is 12.1 Å². The molecule has 0 N–H and O–H groups in total. The molecule has 1 aliphatic rings. The Morgan fingerprint density at radius 2 is 2.28 bits per heavy atom. The van der Waals surface area contributed by atoms with Crippen molar-refractivity contribution in [2.45, 2.75) is 6.42 Å². The molecule has 0 aromatic heterocycles. The summed E-state index contributed by atoms with van der Waals surface area (Å²) >= 11 is 0. The van der Waals surface area contributed by atoms with E-state index >= 15 is 0 Å². The molecule has 0 unspecified atom stereocenters. The van der Waals surface area contributed by atoms with Gasteiger partial charge in [-0.1, -0.05) is 6.07 Å². The van der Waals surface area contributed by atoms with E-state index in [1.807, 2.05) is 0 Å². The van der Waals surface area contributed by atoms with Crippen LogP contribution in [0.4, 0.5) is 5.69 Å². The van der Waals surface area contributed by atoms with Gasteiger partial charge in [-0.25, -0.2) is 4.79 Å². The van der Waals surface area contributed by atoms with Crippen molar-refractivity contribution < 1.29 is 19.2 Å². The number of carbonyl (C=O) groups is 1. The number of benzene rings is 1. The van der Waals surface area contributed by atoms with Crippen LogP contribution in [0.2, 0.25) is 0 Å². The minimum Gasteiger partial charge on any atom is -0.490 e. The lowest BCUT2D eigenvalue weighted by molar-refractivity contribution is -0.385. The van der Waals surface area contributed by atoms with Gasteiger partial charge in [-0.2, -0.15) is 0 Å². The lowest BCUT2D eigenvalue weighted by Crippen LogP contribution is -1.96. The van der Waals surface area contributed by atoms with E-state index in [2.05, 4.69) is 0 Å². The Kier molecular flexibility index (Phi) is 3.27. The summed E-state index contributed by atoms with van der Waals surface area (Å²) in [4.78, 5) is 21.6. The molecule has 2 rings (SSSR count). The Balaban J connectivity index is 2.38. The first kappa shape index (κ1) is 12.1. The minimum absolute atomic E-state index is 0.127. The fourth-order valence-electron chi connectivity index (χ4n) is 1.72. The Bertz CT molecular complexity index is 535. The van der Waals surface area contributed by atoms with Crippen LogP contribution >= 0.6 is 0 Å². The van der Waals surface area contributed by atoms with Crippen LogP contribution in [-0.4, -0.2) is 24.6 Å². The number of methoxy groups -OCH3 is 1. The van der Waals surface area contributed by atoms with Gasteiger partial charge in [0, 0.05) is 18.1 Å². The third-order valence-electron chi connectivity index (χ3n) is 2.61. The molecular weight excluding hydrogens is 238 g/mol. The molecule has 0 bridgehead atoms. The number of esters is 1. The van der Waals surface area contributed by atoms with Gasteiger partial charge in [0.2, 0.25) is 0 Å². The van der Waals surface area contributed by atoms with Crippen LogP contribution in [0.25, 0.3) is 6.08 Å². The normalized spacial score (nSPS) is 16.7. The van der Waals surface area contributed by atoms with Gasteiger partial charge in [0.25, 0.3) is 0 Å². The Morgan fingerprint density at radius 1 is 1.50 bits per heavy atom. The smallest absolute Gasteiger partial charge is 0.334 e. The molecule has 6 heteroatoms. The van der Waals surface area contributed by atoms with Crippen molar-refractivity contribution in [3.63, 3.8) is 0 Å². The number of nitro groups is 1. The first-order valence-corrected chi connectivity index (χ1v) is 5.32. The van der Waals surface area contributed by atoms with Crippen LogP contribution in [0.5, 0.6) is 5.75 Å². The van der Waals surface area contributed by atoms with Gasteiger partial charge in [0.05, 0.1) is 18.6 Å². The summed E-state index contributed by atoms with van der Waals surface area (Å²) in [5.74, 6) is -0.176. The zero-order valence-corrected chi connectivity index (χ0v) is 9.71. The zero-order chi connectivity index (χ0) is 13.1. The second-order valence-corrected chi connectivity index (χ2v) is 3.74. The molecule has 1 heterocycles. The highest BCUT2D eigenvalue weighted by Gasteiger charge is 2.20. The lowest BCUT2D eigenvalue weighted by Gasteiger charge is -2.02. The van der Waals surface area contributed by atoms with E-state index in [0.29, 0.717) is 24.2 Å². The largest absolute Gasteiger partial charge is 0.490 e. The van der Waals surface area contributed by atoms with Gasteiger partial charge in [0.1, 0.15) is 0 Å².